The van der Waals surface area contributed by atoms with Crippen LogP contribution in [0.1, 0.15) is 36.0 Å². The first kappa shape index (κ1) is 21.5. The minimum absolute atomic E-state index is 0.115. The van der Waals surface area contributed by atoms with Crippen LogP contribution in [0.4, 0.5) is 0 Å². The highest BCUT2D eigenvalue weighted by molar-refractivity contribution is 7.89. The van der Waals surface area contributed by atoms with Gasteiger partial charge in [-0.1, -0.05) is 0 Å². The van der Waals surface area contributed by atoms with Gasteiger partial charge in [-0.15, -0.1) is 11.3 Å². The fourth-order valence-corrected chi connectivity index (χ4v) is 5.54. The van der Waals surface area contributed by atoms with E-state index in [2.05, 4.69) is 10.3 Å². The SMILES string of the molecule is CCOC(=O)c1ccc(S(=O)(=O)N2CCC(C(=O)NCc3cn4ccsc4n3)CC2)o1. The molecule has 1 amide bonds. The van der Waals surface area contributed by atoms with Gasteiger partial charge in [-0.2, -0.15) is 4.31 Å². The van der Waals surface area contributed by atoms with E-state index < -0.39 is 16.0 Å². The Labute approximate surface area is 182 Å². The lowest BCUT2D eigenvalue weighted by Crippen LogP contribution is -2.42. The molecular weight excluding hydrogens is 444 g/mol. The molecule has 1 N–H and O–H groups in total. The largest absolute Gasteiger partial charge is 0.460 e. The third-order valence-electron chi connectivity index (χ3n) is 5.06. The van der Waals surface area contributed by atoms with E-state index in [1.165, 1.54) is 27.8 Å². The van der Waals surface area contributed by atoms with Crippen molar-refractivity contribution in [1.82, 2.24) is 19.0 Å². The molecule has 31 heavy (non-hydrogen) atoms. The number of amides is 1. The van der Waals surface area contributed by atoms with Gasteiger partial charge in [-0.3, -0.25) is 9.20 Å². The summed E-state index contributed by atoms with van der Waals surface area (Å²) in [5, 5.41) is 4.51. The second-order valence-corrected chi connectivity index (χ2v) is 9.80. The lowest BCUT2D eigenvalue weighted by molar-refractivity contribution is -0.126. The van der Waals surface area contributed by atoms with Crippen molar-refractivity contribution in [3.63, 3.8) is 0 Å². The van der Waals surface area contributed by atoms with E-state index in [4.69, 9.17) is 9.15 Å². The van der Waals surface area contributed by atoms with Crippen molar-refractivity contribution in [2.75, 3.05) is 19.7 Å². The standard InChI is InChI=1S/C19H22N4O6S2/c1-2-28-18(25)15-3-4-16(29-15)31(26,27)23-7-5-13(6-8-23)17(24)20-11-14-12-22-9-10-30-19(22)21-14/h3-4,9-10,12-13H,2,5-8,11H2,1H3,(H,20,24). The fraction of sp³-hybridized carbons (Fsp3) is 0.421. The quantitative estimate of drug-likeness (QED) is 0.527. The van der Waals surface area contributed by atoms with Gasteiger partial charge < -0.3 is 14.5 Å². The van der Waals surface area contributed by atoms with E-state index >= 15 is 0 Å². The third-order valence-corrected chi connectivity index (χ3v) is 7.61. The molecule has 0 spiro atoms. The van der Waals surface area contributed by atoms with Crippen molar-refractivity contribution in [1.29, 1.82) is 0 Å². The number of hydrogen-bond acceptors (Lipinski definition) is 8. The maximum absolute atomic E-state index is 12.8. The number of sulfonamides is 1. The smallest absolute Gasteiger partial charge is 0.374 e. The van der Waals surface area contributed by atoms with Gasteiger partial charge in [-0.05, 0) is 31.9 Å². The van der Waals surface area contributed by atoms with E-state index in [-0.39, 0.29) is 42.4 Å². The summed E-state index contributed by atoms with van der Waals surface area (Å²) in [5.41, 5.74) is 0.774. The summed E-state index contributed by atoms with van der Waals surface area (Å²) in [5.74, 6) is -1.26. The topological polar surface area (TPSA) is 123 Å². The zero-order chi connectivity index (χ0) is 22.0. The Balaban J connectivity index is 1.31. The Bertz CT molecular complexity index is 1160. The molecule has 4 rings (SSSR count). The van der Waals surface area contributed by atoms with Crippen LogP contribution in [0, 0.1) is 5.92 Å². The van der Waals surface area contributed by atoms with Crippen LogP contribution in [-0.4, -0.2) is 53.7 Å². The first-order valence-electron chi connectivity index (χ1n) is 9.84. The van der Waals surface area contributed by atoms with Crippen LogP contribution in [0.5, 0.6) is 0 Å². The molecule has 166 valence electrons. The Hall–Kier alpha value is -2.70. The number of rotatable bonds is 7. The number of ether oxygens (including phenoxy) is 1. The zero-order valence-electron chi connectivity index (χ0n) is 16.8. The van der Waals surface area contributed by atoms with Crippen molar-refractivity contribution in [3.05, 3.63) is 41.4 Å². The van der Waals surface area contributed by atoms with Crippen molar-refractivity contribution in [2.45, 2.75) is 31.4 Å². The van der Waals surface area contributed by atoms with Crippen molar-refractivity contribution < 1.29 is 27.2 Å². The molecule has 4 heterocycles. The van der Waals surface area contributed by atoms with Gasteiger partial charge in [0.25, 0.3) is 10.0 Å². The zero-order valence-corrected chi connectivity index (χ0v) is 18.4. The van der Waals surface area contributed by atoms with Crippen LogP contribution in [-0.2, 0) is 26.1 Å². The summed E-state index contributed by atoms with van der Waals surface area (Å²) < 4.78 is 38.8. The normalized spacial score (nSPS) is 15.9. The molecule has 0 saturated carbocycles. The molecule has 1 aliphatic heterocycles. The number of furan rings is 1. The van der Waals surface area contributed by atoms with Gasteiger partial charge in [0.1, 0.15) is 0 Å². The summed E-state index contributed by atoms with van der Waals surface area (Å²) in [6, 6.07) is 2.53. The lowest BCUT2D eigenvalue weighted by Gasteiger charge is -2.29. The van der Waals surface area contributed by atoms with Gasteiger partial charge in [0.05, 0.1) is 18.8 Å². The second-order valence-electron chi connectivity index (χ2n) is 7.06. The van der Waals surface area contributed by atoms with Gasteiger partial charge in [0.15, 0.2) is 4.96 Å². The van der Waals surface area contributed by atoms with Crippen LogP contribution >= 0.6 is 11.3 Å². The number of imidazole rings is 1. The average Bonchev–Trinajstić information content (AvgIpc) is 3.48. The lowest BCUT2D eigenvalue weighted by atomic mass is 9.97. The summed E-state index contributed by atoms with van der Waals surface area (Å²) in [6.45, 7) is 2.52. The minimum atomic E-state index is -3.89. The number of carbonyl (C=O) groups is 2. The monoisotopic (exact) mass is 466 g/mol. The van der Waals surface area contributed by atoms with Gasteiger partial charge in [-0.25, -0.2) is 18.2 Å². The van der Waals surface area contributed by atoms with E-state index in [9.17, 15) is 18.0 Å². The number of nitrogens with zero attached hydrogens (tertiary/aromatic N) is 3. The molecule has 1 aliphatic rings. The predicted molar refractivity (Wildman–Crippen MR) is 111 cm³/mol. The summed E-state index contributed by atoms with van der Waals surface area (Å²) in [4.78, 5) is 29.5. The summed E-state index contributed by atoms with van der Waals surface area (Å²) in [6.07, 6.45) is 4.57. The molecule has 1 saturated heterocycles. The summed E-state index contributed by atoms with van der Waals surface area (Å²) >= 11 is 1.52. The molecule has 0 unspecified atom stereocenters. The maximum Gasteiger partial charge on any atom is 0.374 e. The Morgan fingerprint density at radius 1 is 1.32 bits per heavy atom. The molecule has 0 aliphatic carbocycles. The van der Waals surface area contributed by atoms with Crippen LogP contribution in [0.3, 0.4) is 0 Å². The van der Waals surface area contributed by atoms with Gasteiger partial charge in [0.2, 0.25) is 16.8 Å². The number of fused-ring (bicyclic) bond motifs is 1. The van der Waals surface area contributed by atoms with Crippen LogP contribution in [0.15, 0.2) is 39.4 Å². The molecule has 12 heteroatoms. The number of esters is 1. The molecule has 1 fully saturated rings. The predicted octanol–water partition coefficient (Wildman–Crippen LogP) is 1.88. The summed E-state index contributed by atoms with van der Waals surface area (Å²) in [7, 11) is -3.89. The number of carbonyl (C=O) groups excluding carboxylic acids is 2. The highest BCUT2D eigenvalue weighted by Gasteiger charge is 2.34. The number of piperidine rings is 1. The van der Waals surface area contributed by atoms with Gasteiger partial charge in [0, 0.05) is 36.8 Å². The number of aromatic nitrogens is 2. The van der Waals surface area contributed by atoms with E-state index in [1.54, 1.807) is 6.92 Å². The molecular formula is C19H22N4O6S2. The molecule has 10 nitrogen and oxygen atoms in total. The second kappa shape index (κ2) is 8.81. The molecule has 0 aromatic carbocycles. The molecule has 0 atom stereocenters. The van der Waals surface area contributed by atoms with E-state index in [1.807, 2.05) is 22.2 Å². The minimum Gasteiger partial charge on any atom is -0.460 e. The van der Waals surface area contributed by atoms with E-state index in [0.29, 0.717) is 19.4 Å². The number of hydrogen-bond donors (Lipinski definition) is 1. The first-order chi connectivity index (χ1) is 14.9. The van der Waals surface area contributed by atoms with Crippen molar-refractivity contribution in [2.24, 2.45) is 5.92 Å². The third kappa shape index (κ3) is 4.50. The van der Waals surface area contributed by atoms with Crippen molar-refractivity contribution >= 4 is 38.2 Å². The Morgan fingerprint density at radius 2 is 2.10 bits per heavy atom. The fourth-order valence-electron chi connectivity index (χ4n) is 3.44. The van der Waals surface area contributed by atoms with Crippen LogP contribution in [0.2, 0.25) is 0 Å². The number of thiazole rings is 1. The van der Waals surface area contributed by atoms with Gasteiger partial charge >= 0.3 is 5.97 Å². The number of nitrogens with one attached hydrogen (secondary N) is 1. The first-order valence-corrected chi connectivity index (χ1v) is 12.2. The molecule has 3 aromatic rings. The Kier molecular flexibility index (Phi) is 6.12. The highest BCUT2D eigenvalue weighted by Crippen LogP contribution is 2.25. The molecule has 0 radical (unpaired) electrons. The molecule has 0 bridgehead atoms. The Morgan fingerprint density at radius 3 is 2.81 bits per heavy atom. The van der Waals surface area contributed by atoms with Crippen molar-refractivity contribution in [3.8, 4) is 0 Å². The molecule has 3 aromatic heterocycles. The van der Waals surface area contributed by atoms with Crippen LogP contribution in [0.25, 0.3) is 4.96 Å². The van der Waals surface area contributed by atoms with Crippen LogP contribution < -0.4 is 5.32 Å². The highest BCUT2D eigenvalue weighted by atomic mass is 32.2. The van der Waals surface area contributed by atoms with E-state index in [0.717, 1.165) is 10.7 Å². The maximum atomic E-state index is 12.8. The average molecular weight is 467 g/mol.